The molecule has 0 saturated heterocycles. The molecule has 0 aromatic heterocycles. The molecule has 2 rings (SSSR count). The van der Waals surface area contributed by atoms with Crippen LogP contribution in [0.4, 0.5) is 14.5 Å². The molecule has 0 saturated carbocycles. The zero-order valence-corrected chi connectivity index (χ0v) is 7.87. The molecule has 3 heteroatoms. The van der Waals surface area contributed by atoms with Crippen LogP contribution in [-0.2, 0) is 0 Å². The van der Waals surface area contributed by atoms with E-state index in [4.69, 9.17) is 5.73 Å². The molecule has 0 radical (unpaired) electrons. The smallest absolute Gasteiger partial charge is 0.146 e. The van der Waals surface area contributed by atoms with E-state index in [-0.39, 0.29) is 11.5 Å². The Morgan fingerprint density at radius 2 is 1.60 bits per heavy atom. The van der Waals surface area contributed by atoms with Crippen molar-refractivity contribution in [3.63, 3.8) is 0 Å². The minimum absolute atomic E-state index is 0.0927. The minimum Gasteiger partial charge on any atom is -0.396 e. The van der Waals surface area contributed by atoms with Crippen molar-refractivity contribution in [2.75, 3.05) is 5.73 Å². The first-order valence-corrected chi connectivity index (χ1v) is 4.48. The fourth-order valence-electron chi connectivity index (χ4n) is 1.37. The van der Waals surface area contributed by atoms with Gasteiger partial charge < -0.3 is 5.73 Å². The first-order valence-electron chi connectivity index (χ1n) is 4.48. The van der Waals surface area contributed by atoms with E-state index in [1.54, 1.807) is 18.2 Å². The quantitative estimate of drug-likeness (QED) is 0.711. The summed E-state index contributed by atoms with van der Waals surface area (Å²) in [7, 11) is 0. The number of hydrogen-bond donors (Lipinski definition) is 1. The normalized spacial score (nSPS) is 10.3. The van der Waals surface area contributed by atoms with Crippen LogP contribution in [0.5, 0.6) is 0 Å². The Kier molecular flexibility index (Phi) is 2.37. The number of nitrogen functional groups attached to an aromatic ring is 1. The molecular formula is C12H9F2N. The molecule has 0 heterocycles. The van der Waals surface area contributed by atoms with Crippen LogP contribution in [0.15, 0.2) is 42.5 Å². The highest BCUT2D eigenvalue weighted by atomic mass is 19.1. The molecule has 2 N–H and O–H groups in total. The first-order chi connectivity index (χ1) is 7.16. The molecule has 0 spiro atoms. The van der Waals surface area contributed by atoms with Gasteiger partial charge in [-0.3, -0.25) is 0 Å². The van der Waals surface area contributed by atoms with Crippen LogP contribution in [0.2, 0.25) is 0 Å². The molecule has 76 valence electrons. The van der Waals surface area contributed by atoms with Crippen LogP contribution in [0.3, 0.4) is 0 Å². The van der Waals surface area contributed by atoms with E-state index in [2.05, 4.69) is 0 Å². The lowest BCUT2D eigenvalue weighted by Gasteiger charge is -2.03. The Balaban J connectivity index is 2.50. The van der Waals surface area contributed by atoms with Crippen molar-refractivity contribution >= 4 is 5.69 Å². The van der Waals surface area contributed by atoms with Gasteiger partial charge in [0.2, 0.25) is 0 Å². The topological polar surface area (TPSA) is 26.0 Å². The van der Waals surface area contributed by atoms with Crippen LogP contribution >= 0.6 is 0 Å². The lowest BCUT2D eigenvalue weighted by molar-refractivity contribution is 0.627. The predicted molar refractivity (Wildman–Crippen MR) is 56.2 cm³/mol. The second-order valence-electron chi connectivity index (χ2n) is 3.25. The maximum Gasteiger partial charge on any atom is 0.146 e. The van der Waals surface area contributed by atoms with Gasteiger partial charge in [-0.05, 0) is 35.4 Å². The molecule has 0 unspecified atom stereocenters. The Labute approximate surface area is 86.2 Å². The number of halogens is 2. The summed E-state index contributed by atoms with van der Waals surface area (Å²) in [6.45, 7) is 0. The van der Waals surface area contributed by atoms with Crippen LogP contribution in [0.1, 0.15) is 0 Å². The molecule has 1 nitrogen and oxygen atoms in total. The molecular weight excluding hydrogens is 196 g/mol. The van der Waals surface area contributed by atoms with Gasteiger partial charge in [0.1, 0.15) is 11.6 Å². The van der Waals surface area contributed by atoms with E-state index in [0.29, 0.717) is 11.1 Å². The van der Waals surface area contributed by atoms with Crippen molar-refractivity contribution in [1.82, 2.24) is 0 Å². The summed E-state index contributed by atoms with van der Waals surface area (Å²) in [5, 5.41) is 0. The second-order valence-corrected chi connectivity index (χ2v) is 3.25. The van der Waals surface area contributed by atoms with Crippen molar-refractivity contribution in [2.45, 2.75) is 0 Å². The van der Waals surface area contributed by atoms with Crippen molar-refractivity contribution in [3.8, 4) is 11.1 Å². The fraction of sp³-hybridized carbons (Fsp3) is 0. The van der Waals surface area contributed by atoms with Gasteiger partial charge in [0.05, 0.1) is 5.69 Å². The Morgan fingerprint density at radius 3 is 2.27 bits per heavy atom. The Bertz CT molecular complexity index is 495. The summed E-state index contributed by atoms with van der Waals surface area (Å²) in [6, 6.07) is 10.4. The molecule has 15 heavy (non-hydrogen) atoms. The van der Waals surface area contributed by atoms with Crippen molar-refractivity contribution in [3.05, 3.63) is 54.1 Å². The van der Waals surface area contributed by atoms with Gasteiger partial charge in [-0.1, -0.05) is 18.2 Å². The van der Waals surface area contributed by atoms with E-state index in [9.17, 15) is 8.78 Å². The zero-order valence-electron chi connectivity index (χ0n) is 7.87. The van der Waals surface area contributed by atoms with Crippen LogP contribution in [0.25, 0.3) is 11.1 Å². The number of hydrogen-bond acceptors (Lipinski definition) is 1. The van der Waals surface area contributed by atoms with Gasteiger partial charge in [-0.25, -0.2) is 8.78 Å². The lowest BCUT2D eigenvalue weighted by Crippen LogP contribution is -1.90. The molecule has 0 aliphatic carbocycles. The molecule has 0 bridgehead atoms. The monoisotopic (exact) mass is 205 g/mol. The molecule has 0 amide bonds. The molecule has 0 atom stereocenters. The number of anilines is 1. The van der Waals surface area contributed by atoms with Crippen molar-refractivity contribution < 1.29 is 8.78 Å². The minimum atomic E-state index is -0.489. The summed E-state index contributed by atoms with van der Waals surface area (Å²) in [5.41, 5.74) is 6.69. The van der Waals surface area contributed by atoms with E-state index in [0.717, 1.165) is 0 Å². The predicted octanol–water partition coefficient (Wildman–Crippen LogP) is 3.21. The van der Waals surface area contributed by atoms with E-state index < -0.39 is 5.82 Å². The standard InChI is InChI=1S/C12H9F2N/c13-10-3-1-2-8(6-10)9-4-5-12(15)11(14)7-9/h1-7H,15H2. The maximum absolute atomic E-state index is 13.1. The van der Waals surface area contributed by atoms with E-state index in [1.165, 1.54) is 24.3 Å². The van der Waals surface area contributed by atoms with Gasteiger partial charge in [-0.2, -0.15) is 0 Å². The second kappa shape index (κ2) is 3.69. The van der Waals surface area contributed by atoms with E-state index >= 15 is 0 Å². The summed E-state index contributed by atoms with van der Waals surface area (Å²) in [6.07, 6.45) is 0. The highest BCUT2D eigenvalue weighted by Gasteiger charge is 2.02. The van der Waals surface area contributed by atoms with E-state index in [1.807, 2.05) is 0 Å². The Morgan fingerprint density at radius 1 is 0.867 bits per heavy atom. The first kappa shape index (κ1) is 9.65. The molecule has 2 aromatic carbocycles. The van der Waals surface area contributed by atoms with Crippen molar-refractivity contribution in [1.29, 1.82) is 0 Å². The van der Waals surface area contributed by atoms with Crippen LogP contribution < -0.4 is 5.73 Å². The highest BCUT2D eigenvalue weighted by molar-refractivity contribution is 5.65. The summed E-state index contributed by atoms with van der Waals surface area (Å²) in [5.74, 6) is -0.832. The summed E-state index contributed by atoms with van der Waals surface area (Å²) in [4.78, 5) is 0. The molecule has 2 aromatic rings. The largest absolute Gasteiger partial charge is 0.396 e. The molecule has 0 fully saturated rings. The van der Waals surface area contributed by atoms with Gasteiger partial charge in [-0.15, -0.1) is 0 Å². The zero-order chi connectivity index (χ0) is 10.8. The average Bonchev–Trinajstić information content (AvgIpc) is 2.22. The van der Waals surface area contributed by atoms with Crippen LogP contribution in [-0.4, -0.2) is 0 Å². The highest BCUT2D eigenvalue weighted by Crippen LogP contribution is 2.23. The van der Waals surface area contributed by atoms with Crippen LogP contribution in [0, 0.1) is 11.6 Å². The molecule has 0 aliphatic heterocycles. The fourth-order valence-corrected chi connectivity index (χ4v) is 1.37. The maximum atomic E-state index is 13.1. The van der Waals surface area contributed by atoms with Gasteiger partial charge in [0.25, 0.3) is 0 Å². The Hall–Kier alpha value is -1.90. The molecule has 0 aliphatic rings. The lowest BCUT2D eigenvalue weighted by atomic mass is 10.1. The number of rotatable bonds is 1. The summed E-state index contributed by atoms with van der Waals surface area (Å²) < 4.78 is 26.1. The third-order valence-corrected chi connectivity index (χ3v) is 2.16. The van der Waals surface area contributed by atoms with Gasteiger partial charge in [0.15, 0.2) is 0 Å². The average molecular weight is 205 g/mol. The van der Waals surface area contributed by atoms with Gasteiger partial charge >= 0.3 is 0 Å². The third-order valence-electron chi connectivity index (χ3n) is 2.16. The third kappa shape index (κ3) is 1.96. The van der Waals surface area contributed by atoms with Crippen molar-refractivity contribution in [2.24, 2.45) is 0 Å². The summed E-state index contributed by atoms with van der Waals surface area (Å²) >= 11 is 0. The SMILES string of the molecule is Nc1ccc(-c2cccc(F)c2)cc1F. The number of nitrogens with two attached hydrogens (primary N) is 1. The van der Waals surface area contributed by atoms with Gasteiger partial charge in [0, 0.05) is 0 Å². The number of benzene rings is 2.